The van der Waals surface area contributed by atoms with E-state index in [1.807, 2.05) is 6.08 Å². The molecule has 0 radical (unpaired) electrons. The Labute approximate surface area is 33.3 Å². The van der Waals surface area contributed by atoms with E-state index in [1.54, 1.807) is 0 Å². The average Bonchev–Trinajstić information content (AvgIpc) is 1.37. The molecular formula is C4H11N. The third-order valence-corrected chi connectivity index (χ3v) is 0.289. The van der Waals surface area contributed by atoms with Crippen LogP contribution in [0.3, 0.4) is 0 Å². The van der Waals surface area contributed by atoms with Crippen molar-refractivity contribution in [2.24, 2.45) is 0 Å². The van der Waals surface area contributed by atoms with Gasteiger partial charge in [-0.1, -0.05) is 13.0 Å². The van der Waals surface area contributed by atoms with Gasteiger partial charge in [-0.3, -0.25) is 0 Å². The van der Waals surface area contributed by atoms with Crippen molar-refractivity contribution in [3.8, 4) is 0 Å². The Bertz CT molecular complexity index is 17.6. The molecule has 0 aromatic rings. The number of rotatable bonds is 1. The second-order valence-corrected chi connectivity index (χ2v) is 0.697. The zero-order chi connectivity index (χ0) is 3.41. The summed E-state index contributed by atoms with van der Waals surface area (Å²) in [5.74, 6) is 0. The number of hydrogen-bond acceptors (Lipinski definition) is 1. The highest BCUT2D eigenvalue weighted by Gasteiger charge is 1.45. The van der Waals surface area contributed by atoms with Gasteiger partial charge in [0.1, 0.15) is 0 Å². The Balaban J connectivity index is 0. The van der Waals surface area contributed by atoms with Crippen molar-refractivity contribution < 1.29 is 0 Å². The first-order chi connectivity index (χ1) is 1.91. The van der Waals surface area contributed by atoms with E-state index in [0.717, 1.165) is 6.42 Å². The highest BCUT2D eigenvalue weighted by Crippen LogP contribution is 1.66. The maximum Gasteiger partial charge on any atom is -0.0382 e. The van der Waals surface area contributed by atoms with Gasteiger partial charge in [0, 0.05) is 0 Å². The van der Waals surface area contributed by atoms with Crippen LogP contribution < -0.4 is 6.15 Å². The molecule has 1 heteroatoms. The van der Waals surface area contributed by atoms with Gasteiger partial charge in [0.15, 0.2) is 0 Å². The van der Waals surface area contributed by atoms with Crippen LogP contribution >= 0.6 is 0 Å². The van der Waals surface area contributed by atoms with Crippen molar-refractivity contribution >= 4 is 0 Å². The lowest BCUT2D eigenvalue weighted by molar-refractivity contribution is 1.23. The van der Waals surface area contributed by atoms with Crippen LogP contribution in [0.1, 0.15) is 13.3 Å². The van der Waals surface area contributed by atoms with Gasteiger partial charge in [0.25, 0.3) is 0 Å². The molecule has 0 unspecified atom stereocenters. The molecular weight excluding hydrogens is 62.1 g/mol. The molecule has 0 aliphatic rings. The van der Waals surface area contributed by atoms with E-state index >= 15 is 0 Å². The summed E-state index contributed by atoms with van der Waals surface area (Å²) in [4.78, 5) is 0. The van der Waals surface area contributed by atoms with Crippen molar-refractivity contribution in [3.63, 3.8) is 0 Å². The van der Waals surface area contributed by atoms with E-state index < -0.39 is 0 Å². The zero-order valence-electron chi connectivity index (χ0n) is 3.70. The maximum absolute atomic E-state index is 3.48. The lowest BCUT2D eigenvalue weighted by atomic mass is 10.5. The smallest absolute Gasteiger partial charge is 0.0382 e. The van der Waals surface area contributed by atoms with Gasteiger partial charge >= 0.3 is 0 Å². The molecule has 0 bridgehead atoms. The van der Waals surface area contributed by atoms with Crippen molar-refractivity contribution in [1.29, 1.82) is 0 Å². The number of allylic oxidation sites excluding steroid dienone is 1. The van der Waals surface area contributed by atoms with E-state index in [-0.39, 0.29) is 6.15 Å². The van der Waals surface area contributed by atoms with Gasteiger partial charge < -0.3 is 6.15 Å². The maximum atomic E-state index is 3.48. The van der Waals surface area contributed by atoms with E-state index in [1.165, 1.54) is 0 Å². The van der Waals surface area contributed by atoms with Crippen LogP contribution in [-0.4, -0.2) is 0 Å². The van der Waals surface area contributed by atoms with Gasteiger partial charge in [-0.15, -0.1) is 6.58 Å². The molecule has 1 nitrogen and oxygen atoms in total. The van der Waals surface area contributed by atoms with Crippen LogP contribution in [0.2, 0.25) is 0 Å². The highest BCUT2D eigenvalue weighted by molar-refractivity contribution is 4.60. The van der Waals surface area contributed by atoms with Gasteiger partial charge in [-0.05, 0) is 6.42 Å². The van der Waals surface area contributed by atoms with E-state index in [4.69, 9.17) is 0 Å². The minimum Gasteiger partial charge on any atom is -0.344 e. The molecule has 0 aliphatic carbocycles. The Morgan fingerprint density at radius 3 is 2.00 bits per heavy atom. The topological polar surface area (TPSA) is 35.0 Å². The van der Waals surface area contributed by atoms with Crippen LogP contribution in [0.4, 0.5) is 0 Å². The molecule has 0 rings (SSSR count). The summed E-state index contributed by atoms with van der Waals surface area (Å²) in [5.41, 5.74) is 0. The summed E-state index contributed by atoms with van der Waals surface area (Å²) < 4.78 is 0. The highest BCUT2D eigenvalue weighted by atomic mass is 14.0. The largest absolute Gasteiger partial charge is 0.344 e. The Hall–Kier alpha value is -0.300. The normalized spacial score (nSPS) is 5.00. The number of hydrogen-bond donors (Lipinski definition) is 1. The van der Waals surface area contributed by atoms with Gasteiger partial charge in [-0.2, -0.15) is 0 Å². The Morgan fingerprint density at radius 2 is 2.00 bits per heavy atom. The lowest BCUT2D eigenvalue weighted by Crippen LogP contribution is -1.36. The summed E-state index contributed by atoms with van der Waals surface area (Å²) in [6.45, 7) is 5.54. The zero-order valence-corrected chi connectivity index (χ0v) is 3.70. The quantitative estimate of drug-likeness (QED) is 0.471. The summed E-state index contributed by atoms with van der Waals surface area (Å²) in [5, 5.41) is 0. The standard InChI is InChI=1S/C4H8.H3N/c1-3-4-2;/h3H,1,4H2,2H3;1H3. The fourth-order valence-electron chi connectivity index (χ4n) is 0. The minimum atomic E-state index is 0. The first-order valence-electron chi connectivity index (χ1n) is 1.52. The van der Waals surface area contributed by atoms with Crippen molar-refractivity contribution in [2.45, 2.75) is 13.3 Å². The fourth-order valence-corrected chi connectivity index (χ4v) is 0. The summed E-state index contributed by atoms with van der Waals surface area (Å²) in [6, 6.07) is 0. The Morgan fingerprint density at radius 1 is 1.80 bits per heavy atom. The van der Waals surface area contributed by atoms with Crippen LogP contribution in [-0.2, 0) is 0 Å². The molecule has 0 saturated heterocycles. The molecule has 0 heterocycles. The predicted octanol–water partition coefficient (Wildman–Crippen LogP) is 1.74. The second kappa shape index (κ2) is 9.33. The van der Waals surface area contributed by atoms with E-state index in [0.29, 0.717) is 0 Å². The molecule has 0 saturated carbocycles. The van der Waals surface area contributed by atoms with Crippen molar-refractivity contribution in [2.75, 3.05) is 0 Å². The molecule has 3 N–H and O–H groups in total. The van der Waals surface area contributed by atoms with Crippen LogP contribution in [0, 0.1) is 0 Å². The third kappa shape index (κ3) is 21.8. The molecule has 0 spiro atoms. The van der Waals surface area contributed by atoms with Crippen molar-refractivity contribution in [1.82, 2.24) is 6.15 Å². The van der Waals surface area contributed by atoms with E-state index in [2.05, 4.69) is 13.5 Å². The molecule has 0 amide bonds. The first-order valence-corrected chi connectivity index (χ1v) is 1.52. The van der Waals surface area contributed by atoms with Gasteiger partial charge in [0.05, 0.1) is 0 Å². The second-order valence-electron chi connectivity index (χ2n) is 0.697. The molecule has 0 atom stereocenters. The SMILES string of the molecule is C=CCC.N. The molecule has 0 aliphatic heterocycles. The summed E-state index contributed by atoms with van der Waals surface area (Å²) in [7, 11) is 0. The van der Waals surface area contributed by atoms with Gasteiger partial charge in [0.2, 0.25) is 0 Å². The summed E-state index contributed by atoms with van der Waals surface area (Å²) in [6.07, 6.45) is 2.96. The average molecular weight is 73.1 g/mol. The molecule has 0 aromatic carbocycles. The van der Waals surface area contributed by atoms with Crippen LogP contribution in [0.15, 0.2) is 12.7 Å². The fraction of sp³-hybridized carbons (Fsp3) is 0.500. The summed E-state index contributed by atoms with van der Waals surface area (Å²) >= 11 is 0. The van der Waals surface area contributed by atoms with Crippen LogP contribution in [0.25, 0.3) is 0 Å². The first kappa shape index (κ1) is 8.83. The van der Waals surface area contributed by atoms with Gasteiger partial charge in [-0.25, -0.2) is 0 Å². The third-order valence-electron chi connectivity index (χ3n) is 0.289. The Kier molecular flexibility index (Phi) is 16.5. The minimum absolute atomic E-state index is 0. The monoisotopic (exact) mass is 73.1 g/mol. The molecule has 0 aromatic heterocycles. The predicted molar refractivity (Wildman–Crippen MR) is 25.5 cm³/mol. The molecule has 32 valence electrons. The van der Waals surface area contributed by atoms with E-state index in [9.17, 15) is 0 Å². The lowest BCUT2D eigenvalue weighted by Gasteiger charge is -1.57. The molecule has 5 heavy (non-hydrogen) atoms. The van der Waals surface area contributed by atoms with Crippen molar-refractivity contribution in [3.05, 3.63) is 12.7 Å². The van der Waals surface area contributed by atoms with Crippen LogP contribution in [0.5, 0.6) is 0 Å². The molecule has 0 fully saturated rings.